The number of amides is 2. The van der Waals surface area contributed by atoms with Crippen LogP contribution in [0, 0.1) is 0 Å². The van der Waals surface area contributed by atoms with Crippen LogP contribution >= 0.6 is 0 Å². The number of hydrogen-bond acceptors (Lipinski definition) is 4. The Morgan fingerprint density at radius 2 is 1.94 bits per heavy atom. The summed E-state index contributed by atoms with van der Waals surface area (Å²) in [4.78, 5) is 33.5. The summed E-state index contributed by atoms with van der Waals surface area (Å²) in [5, 5.41) is 7.78. The third-order valence-corrected chi connectivity index (χ3v) is 2.20. The first-order chi connectivity index (χ1) is 8.04. The number of nitrogens with one attached hydrogen (secondary N) is 3. The Morgan fingerprint density at radius 1 is 1.29 bits per heavy atom. The van der Waals surface area contributed by atoms with Crippen molar-refractivity contribution in [2.45, 2.75) is 38.8 Å². The first kappa shape index (κ1) is 15.6. The molecule has 0 fully saturated rings. The molecular formula is C11H21N3O3. The molecule has 0 aliphatic rings. The zero-order chi connectivity index (χ0) is 13.3. The van der Waals surface area contributed by atoms with Gasteiger partial charge >= 0.3 is 0 Å². The maximum absolute atomic E-state index is 11.6. The zero-order valence-electron chi connectivity index (χ0n) is 10.6. The van der Waals surface area contributed by atoms with E-state index in [-0.39, 0.29) is 18.4 Å². The van der Waals surface area contributed by atoms with Gasteiger partial charge in [-0.05, 0) is 20.4 Å². The van der Waals surface area contributed by atoms with Gasteiger partial charge < -0.3 is 20.7 Å². The molecule has 0 radical (unpaired) electrons. The van der Waals surface area contributed by atoms with Gasteiger partial charge in [-0.3, -0.25) is 9.59 Å². The summed E-state index contributed by atoms with van der Waals surface area (Å²) < 4.78 is 0. The minimum absolute atomic E-state index is 0.156. The Morgan fingerprint density at radius 3 is 2.41 bits per heavy atom. The second kappa shape index (κ2) is 8.69. The highest BCUT2D eigenvalue weighted by molar-refractivity contribution is 5.89. The number of rotatable bonds is 8. The van der Waals surface area contributed by atoms with Crippen molar-refractivity contribution in [3.63, 3.8) is 0 Å². The van der Waals surface area contributed by atoms with Crippen LogP contribution < -0.4 is 16.0 Å². The van der Waals surface area contributed by atoms with Gasteiger partial charge in [0.05, 0.1) is 12.6 Å². The second-order valence-corrected chi connectivity index (χ2v) is 3.86. The van der Waals surface area contributed by atoms with Crippen LogP contribution in [0.25, 0.3) is 0 Å². The quantitative estimate of drug-likeness (QED) is 0.487. The second-order valence-electron chi connectivity index (χ2n) is 3.86. The molecule has 0 unspecified atom stereocenters. The molecule has 98 valence electrons. The molecule has 0 bridgehead atoms. The summed E-state index contributed by atoms with van der Waals surface area (Å²) in [6, 6.07) is -1.12. The molecule has 0 saturated carbocycles. The van der Waals surface area contributed by atoms with Crippen LogP contribution in [-0.2, 0) is 14.4 Å². The monoisotopic (exact) mass is 243 g/mol. The Kier molecular flexibility index (Phi) is 7.96. The standard InChI is InChI=1S/C11H21N3O3/c1-4-5-9(7-15)14-11(17)8(2)13-10(16)6-12-3/h7-9,12H,4-6H2,1-3H3,(H,13,16)(H,14,17)/t8-,9-/m0/s1. The fraction of sp³-hybridized carbons (Fsp3) is 0.727. The topological polar surface area (TPSA) is 87.3 Å². The lowest BCUT2D eigenvalue weighted by atomic mass is 10.2. The van der Waals surface area contributed by atoms with Crippen LogP contribution in [0.15, 0.2) is 0 Å². The van der Waals surface area contributed by atoms with Crippen LogP contribution in [0.1, 0.15) is 26.7 Å². The minimum Gasteiger partial charge on any atom is -0.345 e. The number of hydrogen-bond donors (Lipinski definition) is 3. The highest BCUT2D eigenvalue weighted by Crippen LogP contribution is 1.94. The summed E-state index contributed by atoms with van der Waals surface area (Å²) in [6.45, 7) is 3.67. The molecule has 6 nitrogen and oxygen atoms in total. The fourth-order valence-corrected chi connectivity index (χ4v) is 1.31. The third-order valence-electron chi connectivity index (χ3n) is 2.20. The SMILES string of the molecule is CCC[C@@H](C=O)NC(=O)[C@H](C)NC(=O)CNC. The average Bonchev–Trinajstić information content (AvgIpc) is 2.28. The molecule has 2 atom stereocenters. The van der Waals surface area contributed by atoms with E-state index in [9.17, 15) is 14.4 Å². The smallest absolute Gasteiger partial charge is 0.242 e. The van der Waals surface area contributed by atoms with Gasteiger partial charge in [-0.1, -0.05) is 13.3 Å². The highest BCUT2D eigenvalue weighted by Gasteiger charge is 2.18. The van der Waals surface area contributed by atoms with Crippen LogP contribution in [-0.4, -0.2) is 43.8 Å². The van der Waals surface area contributed by atoms with Crippen LogP contribution in [0.5, 0.6) is 0 Å². The van der Waals surface area contributed by atoms with Gasteiger partial charge in [0.15, 0.2) is 0 Å². The molecule has 0 heterocycles. The Labute approximate surface area is 102 Å². The molecule has 17 heavy (non-hydrogen) atoms. The van der Waals surface area contributed by atoms with Crippen molar-refractivity contribution in [2.24, 2.45) is 0 Å². The van der Waals surface area contributed by atoms with Gasteiger partial charge in [-0.2, -0.15) is 0 Å². The highest BCUT2D eigenvalue weighted by atomic mass is 16.2. The van der Waals surface area contributed by atoms with Crippen molar-refractivity contribution in [3.05, 3.63) is 0 Å². The van der Waals surface area contributed by atoms with Crippen LogP contribution in [0.3, 0.4) is 0 Å². The molecule has 6 heteroatoms. The van der Waals surface area contributed by atoms with E-state index in [2.05, 4.69) is 16.0 Å². The van der Waals surface area contributed by atoms with Crippen molar-refractivity contribution in [2.75, 3.05) is 13.6 Å². The van der Waals surface area contributed by atoms with E-state index in [1.807, 2.05) is 6.92 Å². The van der Waals surface area contributed by atoms with Crippen molar-refractivity contribution in [1.82, 2.24) is 16.0 Å². The van der Waals surface area contributed by atoms with E-state index < -0.39 is 12.1 Å². The van der Waals surface area contributed by atoms with E-state index in [1.165, 1.54) is 0 Å². The third kappa shape index (κ3) is 6.68. The summed E-state index contributed by atoms with van der Waals surface area (Å²) >= 11 is 0. The number of carbonyl (C=O) groups is 3. The summed E-state index contributed by atoms with van der Waals surface area (Å²) in [5.41, 5.74) is 0. The molecule has 0 rings (SSSR count). The van der Waals surface area contributed by atoms with Crippen molar-refractivity contribution in [3.8, 4) is 0 Å². The van der Waals surface area contributed by atoms with E-state index in [1.54, 1.807) is 14.0 Å². The van der Waals surface area contributed by atoms with Crippen molar-refractivity contribution >= 4 is 18.1 Å². The predicted molar refractivity (Wildman–Crippen MR) is 64.4 cm³/mol. The number of likely N-dealkylation sites (N-methyl/N-ethyl adjacent to an activating group) is 1. The molecule has 0 aromatic rings. The Hall–Kier alpha value is -1.43. The molecular weight excluding hydrogens is 222 g/mol. The summed E-state index contributed by atoms with van der Waals surface area (Å²) in [7, 11) is 1.65. The molecule has 0 aliphatic carbocycles. The normalized spacial score (nSPS) is 13.6. The largest absolute Gasteiger partial charge is 0.345 e. The first-order valence-corrected chi connectivity index (χ1v) is 5.74. The van der Waals surface area contributed by atoms with Gasteiger partial charge in [0.25, 0.3) is 0 Å². The van der Waals surface area contributed by atoms with Gasteiger partial charge in [-0.15, -0.1) is 0 Å². The lowest BCUT2D eigenvalue weighted by Crippen LogP contribution is -2.49. The molecule has 2 amide bonds. The Balaban J connectivity index is 4.11. The number of carbonyl (C=O) groups excluding carboxylic acids is 3. The fourth-order valence-electron chi connectivity index (χ4n) is 1.31. The Bertz CT molecular complexity index is 269. The van der Waals surface area contributed by atoms with Gasteiger partial charge in [0, 0.05) is 0 Å². The zero-order valence-corrected chi connectivity index (χ0v) is 10.6. The van der Waals surface area contributed by atoms with Crippen molar-refractivity contribution in [1.29, 1.82) is 0 Å². The van der Waals surface area contributed by atoms with E-state index in [4.69, 9.17) is 0 Å². The summed E-state index contributed by atoms with van der Waals surface area (Å²) in [5.74, 6) is -0.603. The lowest BCUT2D eigenvalue weighted by molar-refractivity contribution is -0.129. The van der Waals surface area contributed by atoms with Crippen LogP contribution in [0.2, 0.25) is 0 Å². The van der Waals surface area contributed by atoms with Gasteiger partial charge in [0.2, 0.25) is 11.8 Å². The lowest BCUT2D eigenvalue weighted by Gasteiger charge is -2.17. The number of aldehydes is 1. The van der Waals surface area contributed by atoms with Gasteiger partial charge in [-0.25, -0.2) is 0 Å². The van der Waals surface area contributed by atoms with Crippen molar-refractivity contribution < 1.29 is 14.4 Å². The van der Waals surface area contributed by atoms with E-state index >= 15 is 0 Å². The van der Waals surface area contributed by atoms with E-state index in [0.29, 0.717) is 12.7 Å². The first-order valence-electron chi connectivity index (χ1n) is 5.74. The average molecular weight is 243 g/mol. The summed E-state index contributed by atoms with van der Waals surface area (Å²) in [6.07, 6.45) is 2.13. The molecule has 0 aliphatic heterocycles. The van der Waals surface area contributed by atoms with E-state index in [0.717, 1.165) is 6.42 Å². The molecule has 3 N–H and O–H groups in total. The molecule has 0 aromatic heterocycles. The minimum atomic E-state index is -0.643. The molecule has 0 spiro atoms. The molecule has 0 saturated heterocycles. The maximum atomic E-state index is 11.6. The molecule has 0 aromatic carbocycles. The van der Waals surface area contributed by atoms with Gasteiger partial charge in [0.1, 0.15) is 12.3 Å². The maximum Gasteiger partial charge on any atom is 0.242 e. The predicted octanol–water partition coefficient (Wildman–Crippen LogP) is -0.806. The van der Waals surface area contributed by atoms with Crippen LogP contribution in [0.4, 0.5) is 0 Å².